The number of tetrazole rings is 1. The summed E-state index contributed by atoms with van der Waals surface area (Å²) in [5.74, 6) is -0.545. The van der Waals surface area contributed by atoms with Crippen LogP contribution in [0.15, 0.2) is 18.2 Å². The third kappa shape index (κ3) is 3.26. The quantitative estimate of drug-likeness (QED) is 0.917. The molecule has 0 spiro atoms. The number of carbonyl (C=O) groups is 1. The molecule has 2 aromatic rings. The molecule has 106 valence electrons. The minimum atomic E-state index is -0.858. The van der Waals surface area contributed by atoms with Crippen molar-refractivity contribution in [1.82, 2.24) is 20.2 Å². The van der Waals surface area contributed by atoms with Crippen molar-refractivity contribution < 1.29 is 9.90 Å². The fourth-order valence-corrected chi connectivity index (χ4v) is 2.44. The van der Waals surface area contributed by atoms with Crippen LogP contribution in [0.3, 0.4) is 0 Å². The van der Waals surface area contributed by atoms with E-state index < -0.39 is 5.97 Å². The van der Waals surface area contributed by atoms with Crippen molar-refractivity contribution in [2.45, 2.75) is 19.9 Å². The number of nitrogens with zero attached hydrogens (tertiary/aromatic N) is 4. The molecule has 0 bridgehead atoms. The molecule has 2 rings (SSSR count). The van der Waals surface area contributed by atoms with Gasteiger partial charge in [0.05, 0.1) is 15.6 Å². The van der Waals surface area contributed by atoms with Crippen molar-refractivity contribution in [2.24, 2.45) is 5.92 Å². The lowest BCUT2D eigenvalue weighted by atomic mass is 10.1. The van der Waals surface area contributed by atoms with Gasteiger partial charge in [0.25, 0.3) is 0 Å². The first-order valence-corrected chi connectivity index (χ1v) is 6.67. The number of carboxylic acid groups (broad SMARTS) is 1. The fourth-order valence-electron chi connectivity index (χ4n) is 1.88. The van der Waals surface area contributed by atoms with Crippen LogP contribution in [-0.4, -0.2) is 31.3 Å². The van der Waals surface area contributed by atoms with Crippen LogP contribution in [0.5, 0.6) is 0 Å². The van der Waals surface area contributed by atoms with Gasteiger partial charge in [-0.15, -0.1) is 5.10 Å². The number of hydrogen-bond donors (Lipinski definition) is 1. The van der Waals surface area contributed by atoms with Crippen LogP contribution >= 0.6 is 23.2 Å². The lowest BCUT2D eigenvalue weighted by Gasteiger charge is -2.11. The van der Waals surface area contributed by atoms with E-state index >= 15 is 0 Å². The zero-order valence-corrected chi connectivity index (χ0v) is 12.1. The number of rotatable bonds is 5. The Morgan fingerprint density at radius 1 is 1.40 bits per heavy atom. The first-order valence-electron chi connectivity index (χ1n) is 5.91. The Kier molecular flexibility index (Phi) is 4.57. The van der Waals surface area contributed by atoms with Crippen molar-refractivity contribution in [3.63, 3.8) is 0 Å². The van der Waals surface area contributed by atoms with Gasteiger partial charge in [-0.3, -0.25) is 4.79 Å². The van der Waals surface area contributed by atoms with E-state index in [4.69, 9.17) is 28.3 Å². The Hall–Kier alpha value is -1.66. The lowest BCUT2D eigenvalue weighted by molar-refractivity contribution is -0.138. The molecule has 20 heavy (non-hydrogen) atoms. The number of hydrogen-bond acceptors (Lipinski definition) is 4. The molecule has 6 nitrogen and oxygen atoms in total. The second-order valence-corrected chi connectivity index (χ2v) is 5.30. The lowest BCUT2D eigenvalue weighted by Crippen LogP contribution is -2.14. The molecule has 0 saturated heterocycles. The molecule has 0 amide bonds. The molecule has 1 N–H and O–H groups in total. The van der Waals surface area contributed by atoms with Crippen molar-refractivity contribution in [3.05, 3.63) is 28.2 Å². The zero-order valence-electron chi connectivity index (χ0n) is 10.6. The first kappa shape index (κ1) is 14.7. The van der Waals surface area contributed by atoms with Gasteiger partial charge < -0.3 is 5.11 Å². The summed E-state index contributed by atoms with van der Waals surface area (Å²) in [6.45, 7) is 2.18. The topological polar surface area (TPSA) is 80.9 Å². The van der Waals surface area contributed by atoms with Gasteiger partial charge in [-0.1, -0.05) is 36.2 Å². The molecular formula is C12H12Cl2N4O2. The predicted molar refractivity (Wildman–Crippen MR) is 74.7 cm³/mol. The SMILES string of the molecule is CC(CC(=O)O)Cn1nnnc1-c1c(Cl)cccc1Cl. The minimum absolute atomic E-state index is 0.0373. The maximum atomic E-state index is 10.7. The number of halogens is 2. The van der Waals surface area contributed by atoms with Gasteiger partial charge >= 0.3 is 5.97 Å². The van der Waals surface area contributed by atoms with Gasteiger partial charge in [0.2, 0.25) is 0 Å². The summed E-state index contributed by atoms with van der Waals surface area (Å²) in [6, 6.07) is 5.13. The molecule has 0 aliphatic heterocycles. The maximum Gasteiger partial charge on any atom is 0.303 e. The second kappa shape index (κ2) is 6.19. The molecule has 0 aliphatic carbocycles. The summed E-state index contributed by atoms with van der Waals surface area (Å²) < 4.78 is 1.51. The van der Waals surface area contributed by atoms with Gasteiger partial charge in [0, 0.05) is 13.0 Å². The number of carboxylic acids is 1. The summed E-state index contributed by atoms with van der Waals surface area (Å²) >= 11 is 12.3. The standard InChI is InChI=1S/C12H12Cl2N4O2/c1-7(5-10(19)20)6-18-12(15-16-17-18)11-8(13)3-2-4-9(11)14/h2-4,7H,5-6H2,1H3,(H,19,20). The highest BCUT2D eigenvalue weighted by Gasteiger charge is 2.18. The Morgan fingerprint density at radius 2 is 2.05 bits per heavy atom. The summed E-state index contributed by atoms with van der Waals surface area (Å²) in [6.07, 6.45) is 0.0373. The molecule has 0 radical (unpaired) electrons. The van der Waals surface area contributed by atoms with Crippen LogP contribution in [-0.2, 0) is 11.3 Å². The van der Waals surface area contributed by atoms with E-state index in [0.29, 0.717) is 28.0 Å². The van der Waals surface area contributed by atoms with Gasteiger partial charge in [0.1, 0.15) is 0 Å². The van der Waals surface area contributed by atoms with Crippen molar-refractivity contribution >= 4 is 29.2 Å². The highest BCUT2D eigenvalue weighted by atomic mass is 35.5. The molecule has 1 aromatic heterocycles. The molecule has 8 heteroatoms. The fraction of sp³-hybridized carbons (Fsp3) is 0.333. The molecule has 1 aromatic carbocycles. The largest absolute Gasteiger partial charge is 0.481 e. The van der Waals surface area contributed by atoms with E-state index in [0.717, 1.165) is 0 Å². The van der Waals surface area contributed by atoms with Gasteiger partial charge in [-0.25, -0.2) is 4.68 Å². The Balaban J connectivity index is 2.31. The monoisotopic (exact) mass is 314 g/mol. The van der Waals surface area contributed by atoms with E-state index in [-0.39, 0.29) is 12.3 Å². The first-order chi connectivity index (χ1) is 9.49. The van der Waals surface area contributed by atoms with E-state index in [1.54, 1.807) is 18.2 Å². The van der Waals surface area contributed by atoms with Gasteiger partial charge in [0.15, 0.2) is 5.82 Å². The van der Waals surface area contributed by atoms with Crippen LogP contribution in [0, 0.1) is 5.92 Å². The number of benzene rings is 1. The van der Waals surface area contributed by atoms with Crippen molar-refractivity contribution in [2.75, 3.05) is 0 Å². The average molecular weight is 315 g/mol. The van der Waals surface area contributed by atoms with Gasteiger partial charge in [-0.2, -0.15) is 0 Å². The normalized spacial score (nSPS) is 12.3. The number of aromatic nitrogens is 4. The zero-order chi connectivity index (χ0) is 14.7. The van der Waals surface area contributed by atoms with E-state index in [1.807, 2.05) is 6.92 Å². The summed E-state index contributed by atoms with van der Waals surface area (Å²) in [5.41, 5.74) is 0.545. The van der Waals surface area contributed by atoms with E-state index in [1.165, 1.54) is 4.68 Å². The molecular weight excluding hydrogens is 303 g/mol. The van der Waals surface area contributed by atoms with Crippen LogP contribution < -0.4 is 0 Å². The third-order valence-electron chi connectivity index (χ3n) is 2.73. The summed E-state index contributed by atoms with van der Waals surface area (Å²) in [5, 5.41) is 21.1. The van der Waals surface area contributed by atoms with Gasteiger partial charge in [-0.05, 0) is 28.5 Å². The third-order valence-corrected chi connectivity index (χ3v) is 3.36. The molecule has 1 unspecified atom stereocenters. The predicted octanol–water partition coefficient (Wildman–Crippen LogP) is 2.76. The number of aliphatic carboxylic acids is 1. The van der Waals surface area contributed by atoms with Crippen LogP contribution in [0.2, 0.25) is 10.0 Å². The molecule has 0 aliphatic rings. The smallest absolute Gasteiger partial charge is 0.303 e. The van der Waals surface area contributed by atoms with E-state index in [9.17, 15) is 4.79 Å². The molecule has 1 atom stereocenters. The van der Waals surface area contributed by atoms with E-state index in [2.05, 4.69) is 15.5 Å². The Labute approximate surface area is 125 Å². The average Bonchev–Trinajstić information content (AvgIpc) is 2.76. The highest BCUT2D eigenvalue weighted by Crippen LogP contribution is 2.33. The Morgan fingerprint density at radius 3 is 2.65 bits per heavy atom. The van der Waals surface area contributed by atoms with Crippen LogP contribution in [0.4, 0.5) is 0 Å². The maximum absolute atomic E-state index is 10.7. The highest BCUT2D eigenvalue weighted by molar-refractivity contribution is 6.38. The van der Waals surface area contributed by atoms with Crippen molar-refractivity contribution in [1.29, 1.82) is 0 Å². The molecule has 0 saturated carbocycles. The summed E-state index contributed by atoms with van der Waals surface area (Å²) in [4.78, 5) is 10.7. The minimum Gasteiger partial charge on any atom is -0.481 e. The van der Waals surface area contributed by atoms with Crippen LogP contribution in [0.1, 0.15) is 13.3 Å². The summed E-state index contributed by atoms with van der Waals surface area (Å²) in [7, 11) is 0. The van der Waals surface area contributed by atoms with Crippen molar-refractivity contribution in [3.8, 4) is 11.4 Å². The van der Waals surface area contributed by atoms with Crippen LogP contribution in [0.25, 0.3) is 11.4 Å². The second-order valence-electron chi connectivity index (χ2n) is 4.48. The molecule has 0 fully saturated rings. The molecule has 1 heterocycles. The Bertz CT molecular complexity index is 609.